The van der Waals surface area contributed by atoms with E-state index < -0.39 is 0 Å². The van der Waals surface area contributed by atoms with Gasteiger partial charge in [0.2, 0.25) is 5.89 Å². The van der Waals surface area contributed by atoms with E-state index in [2.05, 4.69) is 401 Å². The smallest absolute Gasteiger partial charge is 0.227 e. The third-order valence-electron chi connectivity index (χ3n) is 30.0. The molecule has 0 saturated heterocycles. The molecular formula is C131H91N9O. The van der Waals surface area contributed by atoms with E-state index in [1.54, 1.807) is 0 Å². The lowest BCUT2D eigenvalue weighted by Crippen LogP contribution is -2.23. The molecule has 0 atom stereocenters. The molecule has 10 heteroatoms. The van der Waals surface area contributed by atoms with Crippen molar-refractivity contribution in [2.45, 2.75) is 57.8 Å². The van der Waals surface area contributed by atoms with Crippen LogP contribution in [0.3, 0.4) is 0 Å². The van der Waals surface area contributed by atoms with Gasteiger partial charge in [0.05, 0.1) is 44.5 Å². The molecular weight excluding hydrogens is 1720 g/mol. The third-order valence-corrected chi connectivity index (χ3v) is 30.0. The number of fused-ring (bicyclic) bond motifs is 19. The highest BCUT2D eigenvalue weighted by Crippen LogP contribution is 2.58. The van der Waals surface area contributed by atoms with E-state index in [9.17, 15) is 0 Å². The molecule has 3 aliphatic carbocycles. The summed E-state index contributed by atoms with van der Waals surface area (Å²) in [5.74, 6) is 3.31. The molecule has 20 aromatic carbocycles. The molecule has 0 aliphatic heterocycles. The Labute approximate surface area is 815 Å². The van der Waals surface area contributed by atoms with Crippen LogP contribution in [0.15, 0.2) is 447 Å². The fourth-order valence-electron chi connectivity index (χ4n) is 23.4. The number of benzene rings is 20. The number of hydrogen-bond donors (Lipinski definition) is 0. The lowest BCUT2D eigenvalue weighted by atomic mass is 9.68. The Balaban J connectivity index is 0.000000107. The summed E-state index contributed by atoms with van der Waals surface area (Å²) in [4.78, 5) is 29.7. The van der Waals surface area contributed by atoms with Crippen molar-refractivity contribution in [1.29, 1.82) is 0 Å². The Morgan fingerprint density at radius 3 is 0.844 bits per heavy atom. The topological polar surface area (TPSA) is 105 Å². The fraction of sp³-hybridized carbons (Fsp3) is 0.0687. The molecule has 3 aliphatic rings. The number of aromatic nitrogens is 9. The van der Waals surface area contributed by atoms with Crippen LogP contribution < -0.4 is 0 Å². The molecule has 29 rings (SSSR count). The van der Waals surface area contributed by atoms with Gasteiger partial charge in [0.1, 0.15) is 5.52 Å². The van der Waals surface area contributed by atoms with Crippen molar-refractivity contribution in [1.82, 2.24) is 43.6 Å². The average molecular weight is 1810 g/mol. The first-order valence-corrected chi connectivity index (χ1v) is 48.5. The van der Waals surface area contributed by atoms with Crippen LogP contribution in [0.2, 0.25) is 0 Å². The van der Waals surface area contributed by atoms with Gasteiger partial charge in [-0.15, -0.1) is 0 Å². The summed E-state index contributed by atoms with van der Waals surface area (Å²) in [5.41, 5.74) is 37.0. The zero-order valence-corrected chi connectivity index (χ0v) is 78.6. The van der Waals surface area contributed by atoms with E-state index in [1.165, 1.54) is 164 Å². The van der Waals surface area contributed by atoms with E-state index in [1.807, 2.05) is 97.1 Å². The molecule has 141 heavy (non-hydrogen) atoms. The first-order chi connectivity index (χ1) is 69.2. The Hall–Kier alpha value is -17.9. The number of oxazole rings is 1. The summed E-state index contributed by atoms with van der Waals surface area (Å²) in [7, 11) is 0. The van der Waals surface area contributed by atoms with Crippen molar-refractivity contribution in [2.24, 2.45) is 0 Å². The molecule has 0 spiro atoms. The first kappa shape index (κ1) is 82.6. The van der Waals surface area contributed by atoms with Gasteiger partial charge in [-0.1, -0.05) is 357 Å². The number of para-hydroxylation sites is 5. The molecule has 0 fully saturated rings. The largest absolute Gasteiger partial charge is 0.436 e. The Kier molecular flexibility index (Phi) is 18.8. The quantitative estimate of drug-likeness (QED) is 0.134. The third kappa shape index (κ3) is 13.1. The highest BCUT2D eigenvalue weighted by molar-refractivity contribution is 6.28. The molecule has 0 saturated carbocycles. The predicted molar refractivity (Wildman–Crippen MR) is 582 cm³/mol. The first-order valence-electron chi connectivity index (χ1n) is 48.5. The molecule has 666 valence electrons. The van der Waals surface area contributed by atoms with E-state index in [0.29, 0.717) is 29.2 Å². The molecule has 0 amide bonds. The molecule has 10 nitrogen and oxygen atoms in total. The van der Waals surface area contributed by atoms with E-state index >= 15 is 0 Å². The van der Waals surface area contributed by atoms with E-state index in [0.717, 1.165) is 78.5 Å². The van der Waals surface area contributed by atoms with Gasteiger partial charge in [0.15, 0.2) is 28.9 Å². The molecule has 0 N–H and O–H groups in total. The standard InChI is InChI=1S/C47H33N3.C46H32N4.C38H26N2O/c1-47(2)37-21-11-9-19-35(37)45-43-33(18-13-22-38(43)47)28-42-44(45)36-20-10-12-23-41(36)50(42)34-26-24-32(25-27-34)46-48-39(30-14-5-3-6-15-30)29-40(49-46)31-16-7-4-8-17-31;1-46(2)36-21-11-9-19-34(36)42-40-32(18-13-22-37(40)46)28-39-41(42)35-20-10-12-23-38(35)50(39)33-26-24-31(25-27-33)45-48-43(29-14-5-3-6-15-29)47-44(49-45)30-16-7-4-8-17-30;1-38(2)28-13-5-3-11-26(28)36-34-24(10-9-14-29(34)38)22-32-35(36)27-12-4-7-16-31(27)40(32)25-20-18-23(19-21-25)37-39-30-15-6-8-17-33(30)41-37/h3-29H,1-2H3;3-28H,1-2H3;3-22H,1-2H3. The van der Waals surface area contributed by atoms with E-state index in [4.69, 9.17) is 34.3 Å². The van der Waals surface area contributed by atoms with Gasteiger partial charge in [-0.25, -0.2) is 29.9 Å². The van der Waals surface area contributed by atoms with Crippen molar-refractivity contribution in [3.63, 3.8) is 0 Å². The van der Waals surface area contributed by atoms with Gasteiger partial charge in [0.25, 0.3) is 0 Å². The molecule has 6 heterocycles. The Bertz CT molecular complexity index is 9070. The highest BCUT2D eigenvalue weighted by atomic mass is 16.3. The van der Waals surface area contributed by atoms with Crippen molar-refractivity contribution in [2.75, 3.05) is 0 Å². The molecule has 0 radical (unpaired) electrons. The van der Waals surface area contributed by atoms with Gasteiger partial charge in [-0.05, 0) is 210 Å². The summed E-state index contributed by atoms with van der Waals surface area (Å²) in [6.45, 7) is 14.2. The predicted octanol–water partition coefficient (Wildman–Crippen LogP) is 33.5. The summed E-state index contributed by atoms with van der Waals surface area (Å²) in [6, 6.07) is 158. The minimum Gasteiger partial charge on any atom is -0.436 e. The second-order valence-corrected chi connectivity index (χ2v) is 39.1. The zero-order valence-electron chi connectivity index (χ0n) is 78.6. The van der Waals surface area contributed by atoms with Crippen LogP contribution in [0.1, 0.15) is 74.9 Å². The average Bonchev–Trinajstić information content (AvgIpc) is 1.56. The minimum atomic E-state index is -0.0965. The number of rotatable bonds is 10. The van der Waals surface area contributed by atoms with E-state index in [-0.39, 0.29) is 16.2 Å². The number of hydrogen-bond acceptors (Lipinski definition) is 7. The Morgan fingerprint density at radius 2 is 0.489 bits per heavy atom. The highest BCUT2D eigenvalue weighted by Gasteiger charge is 2.40. The van der Waals surface area contributed by atoms with Gasteiger partial charge >= 0.3 is 0 Å². The van der Waals surface area contributed by atoms with Crippen LogP contribution in [0.5, 0.6) is 0 Å². The van der Waals surface area contributed by atoms with Crippen molar-refractivity contribution >= 4 is 109 Å². The second-order valence-electron chi connectivity index (χ2n) is 39.1. The lowest BCUT2D eigenvalue weighted by molar-refractivity contribution is 0.620. The van der Waals surface area contributed by atoms with Crippen molar-refractivity contribution in [3.05, 3.63) is 476 Å². The van der Waals surface area contributed by atoms with Crippen LogP contribution >= 0.6 is 0 Å². The maximum absolute atomic E-state index is 6.05. The Morgan fingerprint density at radius 1 is 0.206 bits per heavy atom. The van der Waals surface area contributed by atoms with Gasteiger partial charge in [0, 0.05) is 121 Å². The van der Waals surface area contributed by atoms with Gasteiger partial charge in [-0.3, -0.25) is 0 Å². The second kappa shape index (κ2) is 32.1. The SMILES string of the molecule is CC1(C)c2ccccc2-c2c3c1cccc3cc1c2c2ccccc2n1-c1ccc(-c2nc(-c3ccccc3)cc(-c3ccccc3)n2)cc1.CC1(C)c2ccccc2-c2c3c1cccc3cc1c2c2ccccc2n1-c1ccc(-c2nc(-c3ccccc3)nc(-c3ccccc3)n2)cc1.CC1(C)c2ccccc2-c2c3c1cccc3cc1c2c2ccccc2n1-c1ccc(-c2nc3ccccc3o2)cc1. The monoisotopic (exact) mass is 1810 g/mol. The summed E-state index contributed by atoms with van der Waals surface area (Å²) >= 11 is 0. The molecule has 0 unspecified atom stereocenters. The van der Waals surface area contributed by atoms with Crippen molar-refractivity contribution < 1.29 is 4.42 Å². The normalized spacial score (nSPS) is 13.3. The van der Waals surface area contributed by atoms with Crippen LogP contribution in [0.4, 0.5) is 0 Å². The summed E-state index contributed by atoms with van der Waals surface area (Å²) < 4.78 is 13.3. The van der Waals surface area contributed by atoms with Gasteiger partial charge < -0.3 is 18.1 Å². The lowest BCUT2D eigenvalue weighted by Gasteiger charge is -2.35. The number of nitrogens with zero attached hydrogens (tertiary/aromatic N) is 9. The van der Waals surface area contributed by atoms with Crippen LogP contribution in [0.25, 0.3) is 239 Å². The maximum Gasteiger partial charge on any atom is 0.227 e. The van der Waals surface area contributed by atoms with Crippen LogP contribution in [-0.4, -0.2) is 43.6 Å². The molecule has 26 aromatic rings. The van der Waals surface area contributed by atoms with Gasteiger partial charge in [-0.2, -0.15) is 0 Å². The minimum absolute atomic E-state index is 0.0737. The van der Waals surface area contributed by atoms with Crippen molar-refractivity contribution in [3.8, 4) is 130 Å². The van der Waals surface area contributed by atoms with Crippen LogP contribution in [-0.2, 0) is 16.2 Å². The molecule has 6 aromatic heterocycles. The fourth-order valence-corrected chi connectivity index (χ4v) is 23.4. The van der Waals surface area contributed by atoms with Crippen LogP contribution in [0, 0.1) is 0 Å². The maximum atomic E-state index is 6.05. The summed E-state index contributed by atoms with van der Waals surface area (Å²) in [6.07, 6.45) is 0. The summed E-state index contributed by atoms with van der Waals surface area (Å²) in [5, 5.41) is 15.6. The molecule has 0 bridgehead atoms. The zero-order chi connectivity index (χ0) is 94.1.